The van der Waals surface area contributed by atoms with E-state index in [-0.39, 0.29) is 11.9 Å². The summed E-state index contributed by atoms with van der Waals surface area (Å²) in [5.41, 5.74) is 2.24. The minimum absolute atomic E-state index is 0.0370. The van der Waals surface area contributed by atoms with Gasteiger partial charge in [-0.15, -0.1) is 0 Å². The third kappa shape index (κ3) is 3.88. The fourth-order valence-electron chi connectivity index (χ4n) is 1.61. The molecule has 0 aliphatic rings. The zero-order valence-corrected chi connectivity index (χ0v) is 11.2. The summed E-state index contributed by atoms with van der Waals surface area (Å²) >= 11 is 0. The minimum Gasteiger partial charge on any atom is -0.426 e. The molecule has 0 N–H and O–H groups in total. The van der Waals surface area contributed by atoms with E-state index in [1.54, 1.807) is 0 Å². The quantitative estimate of drug-likeness (QED) is 0.570. The van der Waals surface area contributed by atoms with Crippen LogP contribution in [0.4, 0.5) is 0 Å². The van der Waals surface area contributed by atoms with Crippen molar-refractivity contribution < 1.29 is 9.53 Å². The molecule has 2 nitrogen and oxygen atoms in total. The number of esters is 1. The van der Waals surface area contributed by atoms with Crippen LogP contribution in [0.15, 0.2) is 18.2 Å². The molecule has 0 aliphatic heterocycles. The molecule has 0 aliphatic carbocycles. The van der Waals surface area contributed by atoms with Gasteiger partial charge in [-0.25, -0.2) is 0 Å². The van der Waals surface area contributed by atoms with Gasteiger partial charge in [-0.1, -0.05) is 39.3 Å². The Labute approximate surface area is 104 Å². The van der Waals surface area contributed by atoms with E-state index in [0.717, 1.165) is 36.1 Å². The van der Waals surface area contributed by atoms with Crippen molar-refractivity contribution in [3.63, 3.8) is 0 Å². The molecule has 1 rings (SSSR count). The molecule has 94 valence electrons. The van der Waals surface area contributed by atoms with Crippen LogP contribution in [0, 0.1) is 12.8 Å². The van der Waals surface area contributed by atoms with E-state index in [4.69, 9.17) is 4.74 Å². The Balaban J connectivity index is 2.87. The number of aryl methyl sites for hydroxylation is 2. The van der Waals surface area contributed by atoms with Gasteiger partial charge in [-0.2, -0.15) is 0 Å². The first kappa shape index (κ1) is 13.8. The van der Waals surface area contributed by atoms with Gasteiger partial charge in [0.15, 0.2) is 0 Å². The summed E-state index contributed by atoms with van der Waals surface area (Å²) in [6.45, 7) is 8.03. The number of carbonyl (C=O) groups is 1. The lowest BCUT2D eigenvalue weighted by Crippen LogP contribution is -2.17. The van der Waals surface area contributed by atoms with Crippen LogP contribution in [0.3, 0.4) is 0 Å². The van der Waals surface area contributed by atoms with Crippen molar-refractivity contribution in [3.8, 4) is 5.75 Å². The number of rotatable bonds is 5. The lowest BCUT2D eigenvalue weighted by atomic mass is 10.1. The smallest absolute Gasteiger partial charge is 0.314 e. The van der Waals surface area contributed by atoms with Gasteiger partial charge in [-0.3, -0.25) is 4.79 Å². The number of carbonyl (C=O) groups excluding carboxylic acids is 1. The number of ether oxygens (including phenoxy) is 1. The van der Waals surface area contributed by atoms with Crippen molar-refractivity contribution in [2.45, 2.75) is 47.0 Å². The summed E-state index contributed by atoms with van der Waals surface area (Å²) in [7, 11) is 0. The first-order chi connectivity index (χ1) is 8.08. The average molecular weight is 234 g/mol. The summed E-state index contributed by atoms with van der Waals surface area (Å²) in [6.07, 6.45) is 2.81. The van der Waals surface area contributed by atoms with E-state index >= 15 is 0 Å². The summed E-state index contributed by atoms with van der Waals surface area (Å²) in [5, 5.41) is 0. The highest BCUT2D eigenvalue weighted by Gasteiger charge is 2.15. The van der Waals surface area contributed by atoms with E-state index in [2.05, 4.69) is 19.1 Å². The van der Waals surface area contributed by atoms with E-state index in [1.807, 2.05) is 26.8 Å². The predicted molar refractivity (Wildman–Crippen MR) is 70.3 cm³/mol. The summed E-state index contributed by atoms with van der Waals surface area (Å²) in [6, 6.07) is 6.06. The molecule has 0 amide bonds. The van der Waals surface area contributed by atoms with Crippen molar-refractivity contribution in [3.05, 3.63) is 29.3 Å². The first-order valence-electron chi connectivity index (χ1n) is 6.39. The molecular formula is C15H22O2. The zero-order valence-electron chi connectivity index (χ0n) is 11.2. The zero-order chi connectivity index (χ0) is 12.8. The van der Waals surface area contributed by atoms with Crippen LogP contribution in [0.5, 0.6) is 5.75 Å². The monoisotopic (exact) mass is 234 g/mol. The number of hydrogen-bond donors (Lipinski definition) is 0. The Morgan fingerprint density at radius 2 is 2.06 bits per heavy atom. The Kier molecular flexibility index (Phi) is 5.20. The van der Waals surface area contributed by atoms with Crippen LogP contribution in [0.25, 0.3) is 0 Å². The minimum atomic E-state index is -0.129. The lowest BCUT2D eigenvalue weighted by molar-refractivity contribution is -0.138. The predicted octanol–water partition coefficient (Wildman–Crippen LogP) is 3.90. The Hall–Kier alpha value is -1.31. The van der Waals surface area contributed by atoms with Gasteiger partial charge in [0.25, 0.3) is 0 Å². The second-order valence-electron chi connectivity index (χ2n) is 4.59. The maximum Gasteiger partial charge on any atom is 0.314 e. The van der Waals surface area contributed by atoms with Crippen molar-refractivity contribution in [1.29, 1.82) is 0 Å². The van der Waals surface area contributed by atoms with Gasteiger partial charge in [-0.05, 0) is 37.0 Å². The van der Waals surface area contributed by atoms with Gasteiger partial charge in [0.1, 0.15) is 5.75 Å². The van der Waals surface area contributed by atoms with Crippen molar-refractivity contribution in [1.82, 2.24) is 0 Å². The fourth-order valence-corrected chi connectivity index (χ4v) is 1.61. The fraction of sp³-hybridized carbons (Fsp3) is 0.533. The molecule has 1 atom stereocenters. The standard InChI is InChI=1S/C15H22O2/c1-5-7-13-9-8-11(3)10-14(13)17-15(16)12(4)6-2/h8-10,12H,5-7H2,1-4H3. The first-order valence-corrected chi connectivity index (χ1v) is 6.39. The normalized spacial score (nSPS) is 12.2. The highest BCUT2D eigenvalue weighted by atomic mass is 16.5. The number of benzene rings is 1. The molecule has 1 aromatic carbocycles. The second-order valence-corrected chi connectivity index (χ2v) is 4.59. The highest BCUT2D eigenvalue weighted by Crippen LogP contribution is 2.23. The third-order valence-corrected chi connectivity index (χ3v) is 2.97. The molecule has 1 unspecified atom stereocenters. The summed E-state index contributed by atoms with van der Waals surface area (Å²) < 4.78 is 5.49. The van der Waals surface area contributed by atoms with Crippen molar-refractivity contribution in [2.75, 3.05) is 0 Å². The Morgan fingerprint density at radius 1 is 1.35 bits per heavy atom. The topological polar surface area (TPSA) is 26.3 Å². The van der Waals surface area contributed by atoms with Gasteiger partial charge in [0.05, 0.1) is 5.92 Å². The van der Waals surface area contributed by atoms with E-state index in [0.29, 0.717) is 0 Å². The maximum atomic E-state index is 11.8. The number of hydrogen-bond acceptors (Lipinski definition) is 2. The molecule has 0 fully saturated rings. The summed E-state index contributed by atoms with van der Waals surface area (Å²) in [4.78, 5) is 11.8. The summed E-state index contributed by atoms with van der Waals surface area (Å²) in [5.74, 6) is 0.567. The van der Waals surface area contributed by atoms with E-state index in [1.165, 1.54) is 0 Å². The van der Waals surface area contributed by atoms with Crippen LogP contribution >= 0.6 is 0 Å². The SMILES string of the molecule is CCCc1ccc(C)cc1OC(=O)C(C)CC. The molecule has 17 heavy (non-hydrogen) atoms. The second kappa shape index (κ2) is 6.43. The molecular weight excluding hydrogens is 212 g/mol. The average Bonchev–Trinajstić information content (AvgIpc) is 2.31. The molecule has 1 aromatic rings. The Bertz CT molecular complexity index is 383. The van der Waals surface area contributed by atoms with Crippen molar-refractivity contribution in [2.24, 2.45) is 5.92 Å². The van der Waals surface area contributed by atoms with Gasteiger partial charge in [0.2, 0.25) is 0 Å². The van der Waals surface area contributed by atoms with Crippen LogP contribution < -0.4 is 4.74 Å². The molecule has 0 spiro atoms. The molecule has 0 heterocycles. The van der Waals surface area contributed by atoms with Gasteiger partial charge in [0, 0.05) is 0 Å². The van der Waals surface area contributed by atoms with Crippen LogP contribution in [-0.4, -0.2) is 5.97 Å². The van der Waals surface area contributed by atoms with E-state index < -0.39 is 0 Å². The van der Waals surface area contributed by atoms with Crippen LogP contribution in [-0.2, 0) is 11.2 Å². The van der Waals surface area contributed by atoms with Gasteiger partial charge >= 0.3 is 5.97 Å². The maximum absolute atomic E-state index is 11.8. The van der Waals surface area contributed by atoms with Crippen LogP contribution in [0.1, 0.15) is 44.7 Å². The Morgan fingerprint density at radius 3 is 2.65 bits per heavy atom. The largest absolute Gasteiger partial charge is 0.426 e. The molecule has 0 saturated carbocycles. The lowest BCUT2D eigenvalue weighted by Gasteiger charge is -2.13. The molecule has 0 saturated heterocycles. The highest BCUT2D eigenvalue weighted by molar-refractivity contribution is 5.75. The van der Waals surface area contributed by atoms with Crippen LogP contribution in [0.2, 0.25) is 0 Å². The molecule has 0 bridgehead atoms. The molecule has 0 radical (unpaired) electrons. The molecule has 2 heteroatoms. The van der Waals surface area contributed by atoms with Crippen molar-refractivity contribution >= 4 is 5.97 Å². The third-order valence-electron chi connectivity index (χ3n) is 2.97. The van der Waals surface area contributed by atoms with E-state index in [9.17, 15) is 4.79 Å². The molecule has 0 aromatic heterocycles. The van der Waals surface area contributed by atoms with Gasteiger partial charge < -0.3 is 4.74 Å².